The first kappa shape index (κ1) is 13.4. The average Bonchev–Trinajstić information content (AvgIpc) is 2.02. The van der Waals surface area contributed by atoms with Gasteiger partial charge in [0.25, 0.3) is 0 Å². The molecule has 0 saturated carbocycles. The molecule has 0 radical (unpaired) electrons. The molecule has 0 atom stereocenters. The normalized spacial score (nSPS) is 8.17. The molecule has 0 rings (SSSR count). The Kier molecular flexibility index (Phi) is 11.1. The van der Waals surface area contributed by atoms with E-state index in [4.69, 9.17) is 20.1 Å². The lowest BCUT2D eigenvalue weighted by Gasteiger charge is -1.90. The number of aliphatic hydroxyl groups excluding tert-OH is 1. The van der Waals surface area contributed by atoms with Crippen LogP contribution in [0.5, 0.6) is 0 Å². The molecule has 0 aliphatic heterocycles. The maximum atomic E-state index is 9.63. The summed E-state index contributed by atoms with van der Waals surface area (Å²) in [5.41, 5.74) is 0. The number of hydrogen-bond acceptors (Lipinski definition) is 4. The van der Waals surface area contributed by atoms with Gasteiger partial charge in [-0.05, 0) is 6.92 Å². The number of rotatable bonds is 4. The average molecular weight is 180 g/mol. The Labute approximate surface area is 69.4 Å². The van der Waals surface area contributed by atoms with Crippen LogP contribution in [0, 0.1) is 0 Å². The highest BCUT2D eigenvalue weighted by molar-refractivity contribution is 5.68. The smallest absolute Gasteiger partial charge is 0.329 e. The molecule has 0 aromatic rings. The largest absolute Gasteiger partial charge is 0.480 e. The first-order valence-electron chi connectivity index (χ1n) is 3.16. The van der Waals surface area contributed by atoms with Gasteiger partial charge in [0.15, 0.2) is 0 Å². The van der Waals surface area contributed by atoms with E-state index in [0.29, 0.717) is 6.61 Å². The number of carbonyl (C=O) groups is 2. The van der Waals surface area contributed by atoms with Crippen LogP contribution in [-0.2, 0) is 14.3 Å². The third-order valence-electron chi connectivity index (χ3n) is 0.565. The second kappa shape index (κ2) is 9.86. The van der Waals surface area contributed by atoms with Crippen LogP contribution in [-0.4, -0.2) is 47.1 Å². The number of carboxylic acid groups (broad SMARTS) is 2. The van der Waals surface area contributed by atoms with E-state index < -0.39 is 18.5 Å². The first-order valence-corrected chi connectivity index (χ1v) is 3.16. The summed E-state index contributed by atoms with van der Waals surface area (Å²) in [5, 5.41) is 22.9. The highest BCUT2D eigenvalue weighted by atomic mass is 16.5. The van der Waals surface area contributed by atoms with E-state index >= 15 is 0 Å². The van der Waals surface area contributed by atoms with E-state index in [9.17, 15) is 4.79 Å². The fraction of sp³-hybridized carbons (Fsp3) is 0.667. The van der Waals surface area contributed by atoms with Gasteiger partial charge in [-0.15, -0.1) is 0 Å². The van der Waals surface area contributed by atoms with Crippen molar-refractivity contribution in [2.45, 2.75) is 6.92 Å². The maximum Gasteiger partial charge on any atom is 0.329 e. The van der Waals surface area contributed by atoms with E-state index in [1.807, 2.05) is 0 Å². The summed E-state index contributed by atoms with van der Waals surface area (Å²) in [6, 6.07) is 0. The Morgan fingerprint density at radius 1 is 1.25 bits per heavy atom. The molecule has 0 unspecified atom stereocenters. The van der Waals surface area contributed by atoms with Crippen LogP contribution in [0.4, 0.5) is 0 Å². The van der Waals surface area contributed by atoms with E-state index in [1.165, 1.54) is 0 Å². The fourth-order valence-corrected chi connectivity index (χ4v) is 0.189. The fourth-order valence-electron chi connectivity index (χ4n) is 0.189. The van der Waals surface area contributed by atoms with Crippen molar-refractivity contribution in [2.75, 3.05) is 19.8 Å². The van der Waals surface area contributed by atoms with Crippen LogP contribution in [0.3, 0.4) is 0 Å². The molecular formula is C6H12O6. The molecule has 6 nitrogen and oxygen atoms in total. The summed E-state index contributed by atoms with van der Waals surface area (Å²) in [5.74, 6) is -2.10. The van der Waals surface area contributed by atoms with Gasteiger partial charge in [0.2, 0.25) is 0 Å². The monoisotopic (exact) mass is 180 g/mol. The van der Waals surface area contributed by atoms with Crippen molar-refractivity contribution in [1.82, 2.24) is 0 Å². The summed E-state index contributed by atoms with van der Waals surface area (Å²) in [4.78, 5) is 18.8. The summed E-state index contributed by atoms with van der Waals surface area (Å²) in [6.07, 6.45) is 0. The molecule has 0 spiro atoms. The minimum atomic E-state index is -1.19. The van der Waals surface area contributed by atoms with Crippen molar-refractivity contribution in [2.24, 2.45) is 0 Å². The lowest BCUT2D eigenvalue weighted by atomic mass is 10.7. The molecule has 0 bridgehead atoms. The molecular weight excluding hydrogens is 168 g/mol. The molecule has 12 heavy (non-hydrogen) atoms. The Bertz CT molecular complexity index is 132. The first-order chi connectivity index (χ1) is 5.54. The zero-order valence-corrected chi connectivity index (χ0v) is 6.69. The van der Waals surface area contributed by atoms with Crippen molar-refractivity contribution in [3.63, 3.8) is 0 Å². The zero-order chi connectivity index (χ0) is 9.98. The van der Waals surface area contributed by atoms with Crippen LogP contribution in [0.2, 0.25) is 0 Å². The van der Waals surface area contributed by atoms with Gasteiger partial charge in [-0.2, -0.15) is 0 Å². The van der Waals surface area contributed by atoms with Crippen LogP contribution in [0.25, 0.3) is 0 Å². The van der Waals surface area contributed by atoms with Gasteiger partial charge < -0.3 is 20.1 Å². The lowest BCUT2D eigenvalue weighted by Crippen LogP contribution is -2.05. The molecule has 0 aliphatic carbocycles. The van der Waals surface area contributed by atoms with Crippen molar-refractivity contribution in [3.8, 4) is 0 Å². The second-order valence-corrected chi connectivity index (χ2v) is 1.58. The Morgan fingerprint density at radius 2 is 1.67 bits per heavy atom. The predicted octanol–water partition coefficient (Wildman–Crippen LogP) is -0.829. The van der Waals surface area contributed by atoms with Gasteiger partial charge in [0, 0.05) is 6.61 Å². The molecule has 6 heteroatoms. The van der Waals surface area contributed by atoms with Gasteiger partial charge in [0.05, 0.1) is 0 Å². The number of aliphatic carboxylic acids is 2. The molecule has 0 aromatic carbocycles. The van der Waals surface area contributed by atoms with Gasteiger partial charge in [0.1, 0.15) is 13.2 Å². The summed E-state index contributed by atoms with van der Waals surface area (Å²) in [6.45, 7) is 1.26. The van der Waals surface area contributed by atoms with Gasteiger partial charge in [-0.25, -0.2) is 9.59 Å². The number of hydrogen-bond donors (Lipinski definition) is 3. The van der Waals surface area contributed by atoms with Crippen molar-refractivity contribution >= 4 is 11.9 Å². The van der Waals surface area contributed by atoms with Crippen molar-refractivity contribution in [3.05, 3.63) is 0 Å². The minimum absolute atomic E-state index is 0.184. The van der Waals surface area contributed by atoms with Crippen LogP contribution < -0.4 is 0 Å². The molecule has 0 amide bonds. The van der Waals surface area contributed by atoms with Crippen LogP contribution >= 0.6 is 0 Å². The Balaban J connectivity index is 0. The summed E-state index contributed by atoms with van der Waals surface area (Å²) in [7, 11) is 0. The van der Waals surface area contributed by atoms with Gasteiger partial charge >= 0.3 is 11.9 Å². The SMILES string of the molecule is CCOCC(=O)O.O=C(O)CO. The quantitative estimate of drug-likeness (QED) is 0.521. The lowest BCUT2D eigenvalue weighted by molar-refractivity contribution is -0.142. The second-order valence-electron chi connectivity index (χ2n) is 1.58. The van der Waals surface area contributed by atoms with E-state index in [0.717, 1.165) is 0 Å². The standard InChI is InChI=1S/C4H8O3.C2H4O3/c1-2-7-3-4(5)6;3-1-2(4)5/h2-3H2,1H3,(H,5,6);3H,1H2,(H,4,5). The third-order valence-corrected chi connectivity index (χ3v) is 0.565. The highest BCUT2D eigenvalue weighted by Gasteiger charge is 1.90. The van der Waals surface area contributed by atoms with Crippen molar-refractivity contribution < 1.29 is 29.6 Å². The number of ether oxygens (including phenoxy) is 1. The molecule has 72 valence electrons. The summed E-state index contributed by atoms with van der Waals surface area (Å²) < 4.78 is 4.50. The predicted molar refractivity (Wildman–Crippen MR) is 38.9 cm³/mol. The highest BCUT2D eigenvalue weighted by Crippen LogP contribution is 1.69. The third kappa shape index (κ3) is 23.2. The zero-order valence-electron chi connectivity index (χ0n) is 6.69. The van der Waals surface area contributed by atoms with Crippen LogP contribution in [0.15, 0.2) is 0 Å². The minimum Gasteiger partial charge on any atom is -0.480 e. The summed E-state index contributed by atoms with van der Waals surface area (Å²) >= 11 is 0. The molecule has 0 aliphatic rings. The molecule has 0 fully saturated rings. The maximum absolute atomic E-state index is 9.63. The molecule has 0 aromatic heterocycles. The van der Waals surface area contributed by atoms with Gasteiger partial charge in [-0.3, -0.25) is 0 Å². The van der Waals surface area contributed by atoms with Crippen LogP contribution in [0.1, 0.15) is 6.92 Å². The molecule has 0 heterocycles. The van der Waals surface area contributed by atoms with E-state index in [1.54, 1.807) is 6.92 Å². The number of aliphatic hydroxyl groups is 1. The molecule has 3 N–H and O–H groups in total. The number of carboxylic acids is 2. The Morgan fingerprint density at radius 3 is 1.75 bits per heavy atom. The van der Waals surface area contributed by atoms with Crippen molar-refractivity contribution in [1.29, 1.82) is 0 Å². The van der Waals surface area contributed by atoms with Gasteiger partial charge in [-0.1, -0.05) is 0 Å². The molecule has 0 saturated heterocycles. The Hall–Kier alpha value is -1.14. The van der Waals surface area contributed by atoms with E-state index in [-0.39, 0.29) is 6.61 Å². The van der Waals surface area contributed by atoms with E-state index in [2.05, 4.69) is 4.74 Å². The topological polar surface area (TPSA) is 104 Å².